The van der Waals surface area contributed by atoms with E-state index in [0.717, 1.165) is 89.4 Å². The second-order valence-electron chi connectivity index (χ2n) is 11.2. The summed E-state index contributed by atoms with van der Waals surface area (Å²) in [5.41, 5.74) is 1.35. The third-order valence-corrected chi connectivity index (χ3v) is 8.73. The van der Waals surface area contributed by atoms with Crippen LogP contribution in [0.2, 0.25) is 0 Å². The lowest BCUT2D eigenvalue weighted by molar-refractivity contribution is -0.191. The molecule has 1 aromatic carbocycles. The van der Waals surface area contributed by atoms with E-state index < -0.39 is 0 Å². The molecule has 1 aliphatic carbocycles. The van der Waals surface area contributed by atoms with Crippen molar-refractivity contribution in [2.75, 3.05) is 50.9 Å². The van der Waals surface area contributed by atoms with E-state index in [1.54, 1.807) is 18.5 Å². The van der Waals surface area contributed by atoms with E-state index in [9.17, 15) is 4.39 Å². The van der Waals surface area contributed by atoms with Crippen molar-refractivity contribution in [3.8, 4) is 5.75 Å². The van der Waals surface area contributed by atoms with Gasteiger partial charge in [0.15, 0.2) is 0 Å². The van der Waals surface area contributed by atoms with Crippen molar-refractivity contribution < 1.29 is 23.0 Å². The van der Waals surface area contributed by atoms with Crippen LogP contribution in [0.1, 0.15) is 43.6 Å². The Kier molecular flexibility index (Phi) is 4.93. The molecular weight excluding hydrogens is 437 g/mol. The van der Waals surface area contributed by atoms with Gasteiger partial charge in [0.05, 0.1) is 39.1 Å². The summed E-state index contributed by atoms with van der Waals surface area (Å²) in [7, 11) is 0. The molecule has 0 unspecified atom stereocenters. The first kappa shape index (κ1) is 21.1. The smallest absolute Gasteiger partial charge is 0.297 e. The highest BCUT2D eigenvalue weighted by Crippen LogP contribution is 2.49. The molecule has 182 valence electrons. The number of rotatable bonds is 5. The largest absolute Gasteiger partial charge is 0.490 e. The lowest BCUT2D eigenvalue weighted by atomic mass is 9.65. The topological polar surface area (TPSA) is 60.2 Å². The predicted molar refractivity (Wildman–Crippen MR) is 123 cm³/mol. The molecular formula is C26H32FN3O4. The number of hydrogen-bond acceptors (Lipinski definition) is 7. The molecule has 7 nitrogen and oxygen atoms in total. The zero-order chi connectivity index (χ0) is 22.8. The number of ether oxygens (including phenoxy) is 3. The summed E-state index contributed by atoms with van der Waals surface area (Å²) in [5.74, 6) is 1.04. The van der Waals surface area contributed by atoms with Gasteiger partial charge in [-0.15, -0.1) is 0 Å². The van der Waals surface area contributed by atoms with Gasteiger partial charge in [-0.25, -0.2) is 9.37 Å². The second-order valence-corrected chi connectivity index (χ2v) is 11.2. The Morgan fingerprint density at radius 3 is 2.62 bits per heavy atom. The van der Waals surface area contributed by atoms with Gasteiger partial charge in [-0.2, -0.15) is 0 Å². The standard InChI is InChI=1S/C26H32FN3O4/c27-19-1-2-23(34-21-11-25(12-21)16-31-17-25)22(9-19)18-3-6-29(7-4-18)20-10-26(33-13-20)14-30(15-26)24-28-5-8-32-24/h1-2,5,8-9,18,20-21H,3-4,6-7,10-17H2/t20-/m0/s1. The summed E-state index contributed by atoms with van der Waals surface area (Å²) >= 11 is 0. The summed E-state index contributed by atoms with van der Waals surface area (Å²) in [6.07, 6.45) is 8.74. The first-order valence-electron chi connectivity index (χ1n) is 12.7. The second kappa shape index (κ2) is 7.93. The van der Waals surface area contributed by atoms with Gasteiger partial charge in [-0.1, -0.05) is 0 Å². The van der Waals surface area contributed by atoms with E-state index in [1.807, 2.05) is 6.07 Å². The number of likely N-dealkylation sites (tertiary alicyclic amines) is 1. The minimum absolute atomic E-state index is 0.0643. The number of halogens is 1. The third-order valence-electron chi connectivity index (χ3n) is 8.73. The van der Waals surface area contributed by atoms with E-state index in [-0.39, 0.29) is 17.5 Å². The van der Waals surface area contributed by atoms with E-state index in [1.165, 1.54) is 6.07 Å². The predicted octanol–water partition coefficient (Wildman–Crippen LogP) is 3.60. The molecule has 8 heteroatoms. The van der Waals surface area contributed by atoms with Crippen molar-refractivity contribution >= 4 is 6.01 Å². The molecule has 1 saturated carbocycles. The Hall–Kier alpha value is -2.16. The number of oxazole rings is 1. The maximum atomic E-state index is 14.2. The molecule has 34 heavy (non-hydrogen) atoms. The number of benzene rings is 1. The molecule has 2 spiro atoms. The molecule has 1 atom stereocenters. The maximum absolute atomic E-state index is 14.2. The van der Waals surface area contributed by atoms with Crippen LogP contribution in [-0.2, 0) is 9.47 Å². The van der Waals surface area contributed by atoms with Gasteiger partial charge in [-0.05, 0) is 69.3 Å². The normalized spacial score (nSPS) is 28.6. The molecule has 1 aromatic heterocycles. The molecule has 5 aliphatic rings. The lowest BCUT2D eigenvalue weighted by Crippen LogP contribution is -2.62. The van der Waals surface area contributed by atoms with E-state index >= 15 is 0 Å². The van der Waals surface area contributed by atoms with Crippen molar-refractivity contribution in [1.29, 1.82) is 0 Å². The summed E-state index contributed by atoms with van der Waals surface area (Å²) < 4.78 is 37.6. The summed E-state index contributed by atoms with van der Waals surface area (Å²) in [4.78, 5) is 8.96. The zero-order valence-corrected chi connectivity index (χ0v) is 19.5. The van der Waals surface area contributed by atoms with E-state index in [0.29, 0.717) is 23.4 Å². The van der Waals surface area contributed by atoms with Crippen LogP contribution in [0.5, 0.6) is 5.75 Å². The van der Waals surface area contributed by atoms with Crippen LogP contribution in [0.4, 0.5) is 10.4 Å². The van der Waals surface area contributed by atoms with Gasteiger partial charge in [0.25, 0.3) is 6.01 Å². The molecule has 0 N–H and O–H groups in total. The number of aromatic nitrogens is 1. The summed E-state index contributed by atoms with van der Waals surface area (Å²) in [6, 6.07) is 6.21. The molecule has 4 aliphatic heterocycles. The Balaban J connectivity index is 0.950. The first-order valence-corrected chi connectivity index (χ1v) is 12.7. The Morgan fingerprint density at radius 1 is 1.09 bits per heavy atom. The number of anilines is 1. The first-order chi connectivity index (χ1) is 16.6. The van der Waals surface area contributed by atoms with Gasteiger partial charge in [0.2, 0.25) is 0 Å². The van der Waals surface area contributed by atoms with Crippen LogP contribution in [-0.4, -0.2) is 73.6 Å². The maximum Gasteiger partial charge on any atom is 0.297 e. The number of piperidine rings is 1. The van der Waals surface area contributed by atoms with Gasteiger partial charge >= 0.3 is 0 Å². The fraction of sp³-hybridized carbons (Fsp3) is 0.654. The fourth-order valence-electron chi connectivity index (χ4n) is 6.75. The summed E-state index contributed by atoms with van der Waals surface area (Å²) in [5, 5.41) is 0. The Morgan fingerprint density at radius 2 is 1.91 bits per heavy atom. The lowest BCUT2D eigenvalue weighted by Gasteiger charge is -2.52. The van der Waals surface area contributed by atoms with Gasteiger partial charge in [0.1, 0.15) is 29.5 Å². The highest BCUT2D eigenvalue weighted by atomic mass is 19.1. The molecule has 5 fully saturated rings. The van der Waals surface area contributed by atoms with Crippen molar-refractivity contribution in [2.45, 2.75) is 55.8 Å². The van der Waals surface area contributed by atoms with Crippen LogP contribution in [0.3, 0.4) is 0 Å². The quantitative estimate of drug-likeness (QED) is 0.663. The molecule has 7 rings (SSSR count). The number of nitrogens with zero attached hydrogens (tertiary/aromatic N) is 3. The monoisotopic (exact) mass is 469 g/mol. The van der Waals surface area contributed by atoms with Crippen LogP contribution < -0.4 is 9.64 Å². The number of hydrogen-bond donors (Lipinski definition) is 0. The zero-order valence-electron chi connectivity index (χ0n) is 19.5. The van der Waals surface area contributed by atoms with Crippen molar-refractivity contribution in [3.05, 3.63) is 42.0 Å². The van der Waals surface area contributed by atoms with Gasteiger partial charge in [-0.3, -0.25) is 4.90 Å². The molecule has 2 aromatic rings. The fourth-order valence-corrected chi connectivity index (χ4v) is 6.75. The molecule has 0 bridgehead atoms. The molecule has 5 heterocycles. The molecule has 0 amide bonds. The SMILES string of the molecule is Fc1ccc(OC2CC3(COC3)C2)c(C2CCN([C@@H]3COC4(C3)CN(c3ncco3)C4)CC2)c1. The Labute approximate surface area is 199 Å². The van der Waals surface area contributed by atoms with E-state index in [4.69, 9.17) is 18.6 Å². The summed E-state index contributed by atoms with van der Waals surface area (Å²) in [6.45, 7) is 6.23. The molecule has 0 radical (unpaired) electrons. The van der Waals surface area contributed by atoms with Crippen molar-refractivity contribution in [3.63, 3.8) is 0 Å². The van der Waals surface area contributed by atoms with Crippen molar-refractivity contribution in [1.82, 2.24) is 9.88 Å². The van der Waals surface area contributed by atoms with E-state index in [2.05, 4.69) is 14.8 Å². The average Bonchev–Trinajstić information content (AvgIpc) is 3.45. The van der Waals surface area contributed by atoms with Crippen LogP contribution in [0.15, 0.2) is 35.1 Å². The highest BCUT2D eigenvalue weighted by Gasteiger charge is 2.53. The average molecular weight is 470 g/mol. The minimum Gasteiger partial charge on any atom is -0.490 e. The highest BCUT2D eigenvalue weighted by molar-refractivity contribution is 5.38. The van der Waals surface area contributed by atoms with Gasteiger partial charge < -0.3 is 23.5 Å². The van der Waals surface area contributed by atoms with Gasteiger partial charge in [0, 0.05) is 17.0 Å². The minimum atomic E-state index is -0.172. The third kappa shape index (κ3) is 3.62. The van der Waals surface area contributed by atoms with Crippen LogP contribution in [0, 0.1) is 11.2 Å². The molecule has 4 saturated heterocycles. The van der Waals surface area contributed by atoms with Crippen molar-refractivity contribution in [2.24, 2.45) is 5.41 Å². The van der Waals surface area contributed by atoms with Crippen LogP contribution in [0.25, 0.3) is 0 Å². The van der Waals surface area contributed by atoms with Crippen LogP contribution >= 0.6 is 0 Å². The Bertz CT molecular complexity index is 1020.